The van der Waals surface area contributed by atoms with Crippen LogP contribution in [0.3, 0.4) is 0 Å². The second kappa shape index (κ2) is 25.9. The van der Waals surface area contributed by atoms with Gasteiger partial charge in [0.2, 0.25) is 23.6 Å². The first-order chi connectivity index (χ1) is 31.4. The molecule has 0 spiro atoms. The van der Waals surface area contributed by atoms with Gasteiger partial charge in [-0.15, -0.1) is 0 Å². The summed E-state index contributed by atoms with van der Waals surface area (Å²) in [4.78, 5) is 86.8. The van der Waals surface area contributed by atoms with E-state index in [2.05, 4.69) is 16.0 Å². The molecule has 0 aliphatic carbocycles. The number of benzene rings is 2. The third kappa shape index (κ3) is 16.3. The Morgan fingerprint density at radius 3 is 2.04 bits per heavy atom. The molecule has 4 N–H and O–H groups in total. The zero-order valence-corrected chi connectivity index (χ0v) is 42.5. The predicted octanol–water partition coefficient (Wildman–Crippen LogP) is 6.36. The highest BCUT2D eigenvalue weighted by molar-refractivity contribution is 5.90. The molecule has 1 aliphatic rings. The van der Waals surface area contributed by atoms with Crippen LogP contribution in [0.25, 0.3) is 0 Å². The number of hydrogen-bond donors (Lipinski definition) is 4. The molecule has 0 bridgehead atoms. The summed E-state index contributed by atoms with van der Waals surface area (Å²) in [5, 5.41) is 18.5. The van der Waals surface area contributed by atoms with Gasteiger partial charge in [-0.2, -0.15) is 0 Å². The molecule has 1 saturated heterocycles. The molecule has 16 heteroatoms. The van der Waals surface area contributed by atoms with Crippen molar-refractivity contribution in [3.05, 3.63) is 65.7 Å². The summed E-state index contributed by atoms with van der Waals surface area (Å²) in [6, 6.07) is 12.8. The molecule has 0 radical (unpaired) electrons. The highest BCUT2D eigenvalue weighted by Gasteiger charge is 2.43. The smallest absolute Gasteiger partial charge is 0.412 e. The van der Waals surface area contributed by atoms with Crippen LogP contribution in [0.2, 0.25) is 0 Å². The van der Waals surface area contributed by atoms with Gasteiger partial charge in [0.25, 0.3) is 0 Å². The normalized spacial score (nSPS) is 17.7. The first kappa shape index (κ1) is 56.3. The molecule has 374 valence electrons. The van der Waals surface area contributed by atoms with Gasteiger partial charge in [0.15, 0.2) is 0 Å². The van der Waals surface area contributed by atoms with E-state index in [0.29, 0.717) is 38.0 Å². The number of amides is 5. The molecule has 2 aromatic carbocycles. The van der Waals surface area contributed by atoms with Crippen LogP contribution in [-0.4, -0.2) is 138 Å². The van der Waals surface area contributed by atoms with E-state index in [-0.39, 0.29) is 48.3 Å². The first-order valence-corrected chi connectivity index (χ1v) is 23.7. The molecular weight excluding hydrogens is 857 g/mol. The van der Waals surface area contributed by atoms with Gasteiger partial charge in [0, 0.05) is 46.5 Å². The number of anilines is 1. The maximum absolute atomic E-state index is 14.7. The Morgan fingerprint density at radius 1 is 0.851 bits per heavy atom. The fraction of sp³-hybridized carbons (Fsp3) is 0.647. The summed E-state index contributed by atoms with van der Waals surface area (Å²) in [5.74, 6) is -3.76. The molecule has 67 heavy (non-hydrogen) atoms. The minimum Gasteiger partial charge on any atom is -0.480 e. The molecular formula is C51H80N6O10. The van der Waals surface area contributed by atoms with Gasteiger partial charge < -0.3 is 39.8 Å². The van der Waals surface area contributed by atoms with Crippen molar-refractivity contribution in [3.8, 4) is 0 Å². The van der Waals surface area contributed by atoms with Crippen LogP contribution in [0.15, 0.2) is 54.6 Å². The van der Waals surface area contributed by atoms with Crippen LogP contribution in [-0.2, 0) is 51.1 Å². The number of aliphatic carboxylic acids is 1. The van der Waals surface area contributed by atoms with Crippen molar-refractivity contribution in [1.82, 2.24) is 25.3 Å². The van der Waals surface area contributed by atoms with Crippen molar-refractivity contribution in [2.24, 2.45) is 23.7 Å². The van der Waals surface area contributed by atoms with Crippen molar-refractivity contribution in [1.29, 1.82) is 0 Å². The largest absolute Gasteiger partial charge is 0.480 e. The van der Waals surface area contributed by atoms with Gasteiger partial charge in [0.05, 0.1) is 42.7 Å². The Morgan fingerprint density at radius 2 is 1.49 bits per heavy atom. The van der Waals surface area contributed by atoms with Gasteiger partial charge in [0.1, 0.15) is 17.7 Å². The Bertz CT molecular complexity index is 1940. The van der Waals surface area contributed by atoms with Crippen molar-refractivity contribution < 1.29 is 48.1 Å². The summed E-state index contributed by atoms with van der Waals surface area (Å²) >= 11 is 0. The molecule has 16 nitrogen and oxygen atoms in total. The van der Waals surface area contributed by atoms with E-state index in [9.17, 15) is 33.9 Å². The number of carbonyl (C=O) groups excluding carboxylic acids is 5. The lowest BCUT2D eigenvalue weighted by Gasteiger charge is -2.41. The molecule has 0 saturated carbocycles. The van der Waals surface area contributed by atoms with E-state index in [1.807, 2.05) is 102 Å². The van der Waals surface area contributed by atoms with Gasteiger partial charge in [-0.3, -0.25) is 29.4 Å². The summed E-state index contributed by atoms with van der Waals surface area (Å²) in [7, 11) is 6.57. The van der Waals surface area contributed by atoms with Crippen molar-refractivity contribution in [3.63, 3.8) is 0 Å². The van der Waals surface area contributed by atoms with Crippen molar-refractivity contribution in [2.75, 3.05) is 40.2 Å². The minimum atomic E-state index is -1.15. The van der Waals surface area contributed by atoms with E-state index >= 15 is 0 Å². The summed E-state index contributed by atoms with van der Waals surface area (Å²) in [6.45, 7) is 19.6. The van der Waals surface area contributed by atoms with Crippen LogP contribution in [0.4, 0.5) is 10.5 Å². The fourth-order valence-electron chi connectivity index (χ4n) is 9.20. The van der Waals surface area contributed by atoms with E-state index in [1.54, 1.807) is 50.6 Å². The maximum Gasteiger partial charge on any atom is 0.412 e. The van der Waals surface area contributed by atoms with E-state index in [4.69, 9.17) is 14.2 Å². The van der Waals surface area contributed by atoms with E-state index in [0.717, 1.165) is 11.1 Å². The zero-order chi connectivity index (χ0) is 50.3. The summed E-state index contributed by atoms with van der Waals surface area (Å²) in [6.07, 6.45) is 0.000466. The molecule has 1 fully saturated rings. The van der Waals surface area contributed by atoms with Gasteiger partial charge in [-0.05, 0) is 81.7 Å². The Kier molecular flexibility index (Phi) is 21.8. The fourth-order valence-corrected chi connectivity index (χ4v) is 9.20. The number of rotatable bonds is 24. The lowest BCUT2D eigenvalue weighted by atomic mass is 9.89. The Labute approximate surface area is 399 Å². The number of nitrogens with one attached hydrogen (secondary N) is 3. The lowest BCUT2D eigenvalue weighted by molar-refractivity contribution is -0.148. The van der Waals surface area contributed by atoms with Crippen LogP contribution < -0.4 is 16.0 Å². The number of carbonyl (C=O) groups is 6. The van der Waals surface area contributed by atoms with Crippen molar-refractivity contribution >= 4 is 41.4 Å². The van der Waals surface area contributed by atoms with Crippen LogP contribution in [0.5, 0.6) is 0 Å². The number of carboxylic acid groups (broad SMARTS) is 1. The lowest BCUT2D eigenvalue weighted by Crippen LogP contribution is -2.60. The predicted molar refractivity (Wildman–Crippen MR) is 259 cm³/mol. The monoisotopic (exact) mass is 937 g/mol. The highest BCUT2D eigenvalue weighted by atomic mass is 16.6. The van der Waals surface area contributed by atoms with Crippen LogP contribution >= 0.6 is 0 Å². The maximum atomic E-state index is 14.7. The SMILES string of the molecule is CC[C@H](C)[C@@H]([C@@H](CC(=O)N1CCC[C@H]1[C@H](OC)[C@@H](C)C(=O)N[C@@H](Cc1ccccc1)C(=O)O)OC)N(C)C(=O)[C@@H](NC(=O)[C@H](C(C)C)N(C)Cc1cccc(NC(=O)OC(C)(C)C)c1)C(C)C. The molecule has 1 aliphatic heterocycles. The molecule has 9 atom stereocenters. The second-order valence-electron chi connectivity index (χ2n) is 19.8. The number of nitrogens with zero attached hydrogens (tertiary/aromatic N) is 3. The van der Waals surface area contributed by atoms with Gasteiger partial charge in [-0.1, -0.05) is 97.4 Å². The Hall–Kier alpha value is -5.06. The number of carboxylic acids is 1. The molecule has 5 amide bonds. The number of hydrogen-bond acceptors (Lipinski definition) is 10. The number of likely N-dealkylation sites (N-methyl/N-ethyl adjacent to an activating group) is 2. The average molecular weight is 937 g/mol. The molecule has 3 rings (SSSR count). The summed E-state index contributed by atoms with van der Waals surface area (Å²) < 4.78 is 17.4. The highest BCUT2D eigenvalue weighted by Crippen LogP contribution is 2.30. The Balaban J connectivity index is 1.77. The molecule has 0 aromatic heterocycles. The molecule has 0 unspecified atom stereocenters. The number of methoxy groups -OCH3 is 2. The van der Waals surface area contributed by atoms with E-state index < -0.39 is 71.9 Å². The second-order valence-corrected chi connectivity index (χ2v) is 19.8. The molecule has 2 aromatic rings. The topological polar surface area (TPSA) is 196 Å². The minimum absolute atomic E-state index is 0.0534. The standard InChI is InChI=1S/C51H80N6O10/c1-15-33(6)44(40(65-13)29-41(58)57-26-20-25-39(57)45(66-14)34(7)46(59)53-38(49(62)63)28-35-21-17-16-18-22-35)56(12)48(61)42(31(2)3)54-47(60)43(32(4)5)55(11)30-36-23-19-24-37(27-36)52-50(64)67-51(8,9)10/h16-19,21-24,27,31-34,38-40,42-45H,15,20,25-26,28-30H2,1-14H3,(H,52,64)(H,53,59)(H,54,60)(H,62,63)/t33-,34+,38-,39-,40+,42-,43-,44-,45+/m0/s1. The number of ether oxygens (including phenoxy) is 3. The molecule has 1 heterocycles. The van der Waals surface area contributed by atoms with Gasteiger partial charge >= 0.3 is 12.1 Å². The quantitative estimate of drug-likeness (QED) is 0.0915. The third-order valence-corrected chi connectivity index (χ3v) is 12.8. The zero-order valence-electron chi connectivity index (χ0n) is 42.5. The van der Waals surface area contributed by atoms with Crippen LogP contribution in [0.1, 0.15) is 106 Å². The van der Waals surface area contributed by atoms with Crippen molar-refractivity contribution in [2.45, 2.75) is 156 Å². The van der Waals surface area contributed by atoms with Gasteiger partial charge in [-0.25, -0.2) is 9.59 Å². The first-order valence-electron chi connectivity index (χ1n) is 23.7. The van der Waals surface area contributed by atoms with Crippen LogP contribution in [0, 0.1) is 23.7 Å². The average Bonchev–Trinajstić information content (AvgIpc) is 3.74. The third-order valence-electron chi connectivity index (χ3n) is 12.8. The van der Waals surface area contributed by atoms with E-state index in [1.165, 1.54) is 14.2 Å². The number of likely N-dealkylation sites (tertiary alicyclic amines) is 1. The summed E-state index contributed by atoms with van der Waals surface area (Å²) in [5.41, 5.74) is 1.55.